The maximum atomic E-state index is 5.21. The molecule has 0 saturated carbocycles. The van der Waals surface area contributed by atoms with Crippen molar-refractivity contribution in [2.24, 2.45) is 5.92 Å². The third-order valence-electron chi connectivity index (χ3n) is 2.94. The Labute approximate surface area is 97.8 Å². The molecule has 2 N–H and O–H groups in total. The summed E-state index contributed by atoms with van der Waals surface area (Å²) in [6, 6.07) is 0.303. The Balaban J connectivity index is 2.73. The van der Waals surface area contributed by atoms with Crippen molar-refractivity contribution in [3.8, 4) is 0 Å². The van der Waals surface area contributed by atoms with Gasteiger partial charge in [0.05, 0.1) is 12.6 Å². The Kier molecular flexibility index (Phi) is 4.80. The minimum absolute atomic E-state index is 0.303. The van der Waals surface area contributed by atoms with E-state index in [1.54, 1.807) is 7.11 Å². The average molecular weight is 225 g/mol. The first-order valence-electron chi connectivity index (χ1n) is 5.89. The summed E-state index contributed by atoms with van der Waals surface area (Å²) >= 11 is 0. The molecule has 1 aromatic heterocycles. The predicted molar refractivity (Wildman–Crippen MR) is 66.8 cm³/mol. The van der Waals surface area contributed by atoms with Gasteiger partial charge in [0.15, 0.2) is 5.82 Å². The Morgan fingerprint density at radius 1 is 1.44 bits per heavy atom. The van der Waals surface area contributed by atoms with Gasteiger partial charge in [-0.2, -0.15) is 5.10 Å². The van der Waals surface area contributed by atoms with Gasteiger partial charge in [-0.1, -0.05) is 20.8 Å². The van der Waals surface area contributed by atoms with Gasteiger partial charge in [-0.25, -0.2) is 0 Å². The van der Waals surface area contributed by atoms with Crippen molar-refractivity contribution >= 4 is 5.82 Å². The number of nitrogens with one attached hydrogen (secondary N) is 2. The van der Waals surface area contributed by atoms with Crippen LogP contribution in [0.1, 0.15) is 32.0 Å². The lowest BCUT2D eigenvalue weighted by Crippen LogP contribution is -2.30. The summed E-state index contributed by atoms with van der Waals surface area (Å²) in [5.41, 5.74) is 2.41. The molecule has 0 fully saturated rings. The van der Waals surface area contributed by atoms with Crippen LogP contribution in [-0.2, 0) is 11.2 Å². The second-order valence-electron chi connectivity index (χ2n) is 4.48. The van der Waals surface area contributed by atoms with E-state index in [-0.39, 0.29) is 0 Å². The lowest BCUT2D eigenvalue weighted by Gasteiger charge is -2.21. The highest BCUT2D eigenvalue weighted by molar-refractivity contribution is 5.46. The molecule has 0 aliphatic heterocycles. The van der Waals surface area contributed by atoms with E-state index in [4.69, 9.17) is 4.74 Å². The van der Waals surface area contributed by atoms with E-state index in [0.29, 0.717) is 18.6 Å². The third-order valence-corrected chi connectivity index (χ3v) is 2.94. The molecule has 0 aromatic carbocycles. The van der Waals surface area contributed by atoms with Gasteiger partial charge >= 0.3 is 0 Å². The number of anilines is 1. The first-order valence-corrected chi connectivity index (χ1v) is 5.89. The van der Waals surface area contributed by atoms with Crippen LogP contribution in [0.4, 0.5) is 5.82 Å². The molecule has 1 atom stereocenters. The van der Waals surface area contributed by atoms with Crippen LogP contribution in [0.3, 0.4) is 0 Å². The van der Waals surface area contributed by atoms with E-state index in [1.165, 1.54) is 11.3 Å². The highest BCUT2D eigenvalue weighted by atomic mass is 16.5. The molecule has 0 spiro atoms. The fraction of sp³-hybridized carbons (Fsp3) is 0.750. The van der Waals surface area contributed by atoms with Crippen molar-refractivity contribution in [3.05, 3.63) is 11.3 Å². The number of H-pyrrole nitrogens is 1. The molecule has 0 aliphatic carbocycles. The van der Waals surface area contributed by atoms with Crippen LogP contribution < -0.4 is 5.32 Å². The van der Waals surface area contributed by atoms with Crippen molar-refractivity contribution in [1.82, 2.24) is 10.2 Å². The predicted octanol–water partition coefficient (Wildman–Crippen LogP) is 2.36. The van der Waals surface area contributed by atoms with Crippen molar-refractivity contribution < 1.29 is 4.74 Å². The van der Waals surface area contributed by atoms with Crippen molar-refractivity contribution in [2.45, 2.75) is 40.2 Å². The SMILES string of the molecule is CCc1[nH]nc(NC(COC)C(C)C)c1C. The standard InChI is InChI=1S/C12H23N3O/c1-6-10-9(4)12(15-14-10)13-11(7-16-5)8(2)3/h8,11H,6-7H2,1-5H3,(H2,13,14,15). The van der Waals surface area contributed by atoms with E-state index in [9.17, 15) is 0 Å². The van der Waals surface area contributed by atoms with Crippen LogP contribution in [0.25, 0.3) is 0 Å². The van der Waals surface area contributed by atoms with Gasteiger partial charge in [0.1, 0.15) is 0 Å². The molecule has 0 radical (unpaired) electrons. The quantitative estimate of drug-likeness (QED) is 0.781. The minimum Gasteiger partial charge on any atom is -0.383 e. The Morgan fingerprint density at radius 2 is 2.12 bits per heavy atom. The largest absolute Gasteiger partial charge is 0.383 e. The van der Waals surface area contributed by atoms with E-state index < -0.39 is 0 Å². The lowest BCUT2D eigenvalue weighted by atomic mass is 10.1. The first kappa shape index (κ1) is 13.0. The third kappa shape index (κ3) is 2.98. The van der Waals surface area contributed by atoms with Gasteiger partial charge in [0.25, 0.3) is 0 Å². The maximum Gasteiger partial charge on any atom is 0.151 e. The first-order chi connectivity index (χ1) is 7.60. The van der Waals surface area contributed by atoms with Crippen LogP contribution in [0.2, 0.25) is 0 Å². The second-order valence-corrected chi connectivity index (χ2v) is 4.48. The fourth-order valence-electron chi connectivity index (χ4n) is 1.67. The number of rotatable bonds is 6. The van der Waals surface area contributed by atoms with E-state index in [0.717, 1.165) is 12.2 Å². The van der Waals surface area contributed by atoms with Crippen molar-refractivity contribution in [1.29, 1.82) is 0 Å². The molecule has 4 heteroatoms. The highest BCUT2D eigenvalue weighted by Crippen LogP contribution is 2.18. The van der Waals surface area contributed by atoms with Gasteiger partial charge in [-0.15, -0.1) is 0 Å². The number of methoxy groups -OCH3 is 1. The van der Waals surface area contributed by atoms with Crippen LogP contribution in [-0.4, -0.2) is 30.0 Å². The Hall–Kier alpha value is -1.03. The smallest absolute Gasteiger partial charge is 0.151 e. The summed E-state index contributed by atoms with van der Waals surface area (Å²) in [6.07, 6.45) is 0.983. The van der Waals surface area contributed by atoms with Crippen LogP contribution in [0.5, 0.6) is 0 Å². The molecule has 0 aliphatic rings. The number of aryl methyl sites for hydroxylation is 1. The summed E-state index contributed by atoms with van der Waals surface area (Å²) < 4.78 is 5.21. The number of hydrogen-bond acceptors (Lipinski definition) is 3. The number of hydrogen-bond donors (Lipinski definition) is 2. The van der Waals surface area contributed by atoms with Crippen LogP contribution >= 0.6 is 0 Å². The van der Waals surface area contributed by atoms with E-state index in [2.05, 4.69) is 43.2 Å². The summed E-state index contributed by atoms with van der Waals surface area (Å²) in [5.74, 6) is 1.47. The molecule has 1 rings (SSSR count). The molecule has 0 bridgehead atoms. The summed E-state index contributed by atoms with van der Waals surface area (Å²) in [7, 11) is 1.73. The summed E-state index contributed by atoms with van der Waals surface area (Å²) in [6.45, 7) is 9.28. The number of aromatic nitrogens is 2. The second kappa shape index (κ2) is 5.89. The maximum absolute atomic E-state index is 5.21. The van der Waals surface area contributed by atoms with Gasteiger partial charge in [0, 0.05) is 18.4 Å². The molecular formula is C12H23N3O. The molecule has 92 valence electrons. The van der Waals surface area contributed by atoms with Gasteiger partial charge in [0.2, 0.25) is 0 Å². The molecule has 0 saturated heterocycles. The zero-order chi connectivity index (χ0) is 12.1. The topological polar surface area (TPSA) is 49.9 Å². The zero-order valence-corrected chi connectivity index (χ0v) is 10.9. The highest BCUT2D eigenvalue weighted by Gasteiger charge is 2.16. The van der Waals surface area contributed by atoms with Gasteiger partial charge in [-0.05, 0) is 19.3 Å². The zero-order valence-electron chi connectivity index (χ0n) is 10.9. The van der Waals surface area contributed by atoms with Crippen molar-refractivity contribution in [2.75, 3.05) is 19.0 Å². The van der Waals surface area contributed by atoms with Crippen LogP contribution in [0.15, 0.2) is 0 Å². The Bertz CT molecular complexity index is 320. The van der Waals surface area contributed by atoms with Crippen molar-refractivity contribution in [3.63, 3.8) is 0 Å². The molecule has 1 heterocycles. The molecule has 4 nitrogen and oxygen atoms in total. The number of nitrogens with zero attached hydrogens (tertiary/aromatic N) is 1. The molecule has 1 aromatic rings. The Morgan fingerprint density at radius 3 is 2.56 bits per heavy atom. The molecular weight excluding hydrogens is 202 g/mol. The lowest BCUT2D eigenvalue weighted by molar-refractivity contribution is 0.171. The molecule has 0 amide bonds. The molecule has 16 heavy (non-hydrogen) atoms. The van der Waals surface area contributed by atoms with E-state index in [1.807, 2.05) is 0 Å². The summed E-state index contributed by atoms with van der Waals surface area (Å²) in [4.78, 5) is 0. The summed E-state index contributed by atoms with van der Waals surface area (Å²) in [5, 5.41) is 10.8. The van der Waals surface area contributed by atoms with Gasteiger partial charge < -0.3 is 10.1 Å². The fourth-order valence-corrected chi connectivity index (χ4v) is 1.67. The number of ether oxygens (including phenoxy) is 1. The monoisotopic (exact) mass is 225 g/mol. The van der Waals surface area contributed by atoms with E-state index >= 15 is 0 Å². The average Bonchev–Trinajstić information content (AvgIpc) is 2.59. The minimum atomic E-state index is 0.303. The van der Waals surface area contributed by atoms with Gasteiger partial charge in [-0.3, -0.25) is 5.10 Å². The molecule has 1 unspecified atom stereocenters. The van der Waals surface area contributed by atoms with Crippen LogP contribution in [0, 0.1) is 12.8 Å². The number of aromatic amines is 1. The normalized spacial score (nSPS) is 13.1.